The summed E-state index contributed by atoms with van der Waals surface area (Å²) in [5, 5.41) is 10.9. The molecule has 5 N–H and O–H groups in total. The van der Waals surface area contributed by atoms with E-state index in [0.29, 0.717) is 29.4 Å². The SMILES string of the molecule is CCc1c(C2=C(O)C=CC(c3ccnc(N)c3F)N2C)nc(N)nc1C1CCN(C(C)C)CC1. The molecule has 34 heavy (non-hydrogen) atoms. The number of halogens is 1. The van der Waals surface area contributed by atoms with Gasteiger partial charge in [0.15, 0.2) is 11.6 Å². The lowest BCUT2D eigenvalue weighted by Gasteiger charge is -2.36. The van der Waals surface area contributed by atoms with E-state index in [2.05, 4.69) is 40.6 Å². The molecule has 2 aliphatic heterocycles. The van der Waals surface area contributed by atoms with Gasteiger partial charge in [0.05, 0.1) is 17.4 Å². The minimum atomic E-state index is -0.569. The van der Waals surface area contributed by atoms with Crippen molar-refractivity contribution in [2.45, 2.75) is 58.0 Å². The fourth-order valence-electron chi connectivity index (χ4n) is 5.11. The van der Waals surface area contributed by atoms with Gasteiger partial charge in [-0.2, -0.15) is 0 Å². The summed E-state index contributed by atoms with van der Waals surface area (Å²) in [5.74, 6) is -0.230. The molecule has 0 bridgehead atoms. The second-order valence-corrected chi connectivity index (χ2v) is 9.30. The smallest absolute Gasteiger partial charge is 0.220 e. The van der Waals surface area contributed by atoms with Crippen molar-refractivity contribution in [2.75, 3.05) is 31.6 Å². The van der Waals surface area contributed by atoms with Crippen LogP contribution in [-0.2, 0) is 6.42 Å². The van der Waals surface area contributed by atoms with Gasteiger partial charge < -0.3 is 26.4 Å². The molecule has 2 aromatic heterocycles. The third-order valence-corrected chi connectivity index (χ3v) is 6.99. The summed E-state index contributed by atoms with van der Waals surface area (Å²) in [6.45, 7) is 8.51. The van der Waals surface area contributed by atoms with Crippen molar-refractivity contribution in [1.82, 2.24) is 24.8 Å². The Bertz CT molecular complexity index is 1120. The Morgan fingerprint density at radius 2 is 1.91 bits per heavy atom. The number of aliphatic hydroxyl groups excluding tert-OH is 1. The molecule has 0 radical (unpaired) electrons. The quantitative estimate of drug-likeness (QED) is 0.608. The van der Waals surface area contributed by atoms with Gasteiger partial charge in [-0.3, -0.25) is 0 Å². The van der Waals surface area contributed by atoms with Gasteiger partial charge in [-0.25, -0.2) is 19.3 Å². The maximum absolute atomic E-state index is 14.8. The van der Waals surface area contributed by atoms with Crippen LogP contribution in [0.3, 0.4) is 0 Å². The summed E-state index contributed by atoms with van der Waals surface area (Å²) in [6.07, 6.45) is 7.46. The number of piperidine rings is 1. The number of anilines is 2. The van der Waals surface area contributed by atoms with Crippen molar-refractivity contribution in [3.05, 3.63) is 58.5 Å². The van der Waals surface area contributed by atoms with Gasteiger partial charge >= 0.3 is 0 Å². The van der Waals surface area contributed by atoms with Crippen LogP contribution in [0, 0.1) is 5.82 Å². The lowest BCUT2D eigenvalue weighted by atomic mass is 9.87. The molecule has 0 spiro atoms. The molecule has 9 heteroatoms. The van der Waals surface area contributed by atoms with E-state index in [1.54, 1.807) is 30.2 Å². The number of aromatic nitrogens is 3. The molecule has 2 aliphatic rings. The number of aliphatic hydroxyl groups is 1. The predicted octanol–water partition coefficient (Wildman–Crippen LogP) is 3.79. The van der Waals surface area contributed by atoms with Crippen LogP contribution < -0.4 is 11.5 Å². The molecule has 2 aromatic rings. The zero-order chi connectivity index (χ0) is 24.6. The summed E-state index contributed by atoms with van der Waals surface area (Å²) >= 11 is 0. The third-order valence-electron chi connectivity index (χ3n) is 6.99. The number of nitrogens with zero attached hydrogens (tertiary/aromatic N) is 5. The van der Waals surface area contributed by atoms with Crippen molar-refractivity contribution in [2.24, 2.45) is 0 Å². The average Bonchev–Trinajstić information content (AvgIpc) is 2.81. The molecular formula is C25H34FN7O. The van der Waals surface area contributed by atoms with Crippen LogP contribution in [0.1, 0.15) is 68.1 Å². The van der Waals surface area contributed by atoms with Gasteiger partial charge in [0, 0.05) is 36.3 Å². The highest BCUT2D eigenvalue weighted by Crippen LogP contribution is 2.39. The molecule has 1 fully saturated rings. The van der Waals surface area contributed by atoms with Crippen molar-refractivity contribution in [1.29, 1.82) is 0 Å². The Morgan fingerprint density at radius 1 is 1.21 bits per heavy atom. The fraction of sp³-hybridized carbons (Fsp3) is 0.480. The maximum atomic E-state index is 14.8. The minimum Gasteiger partial charge on any atom is -0.506 e. The van der Waals surface area contributed by atoms with Gasteiger partial charge in [0.25, 0.3) is 0 Å². The van der Waals surface area contributed by atoms with E-state index in [4.69, 9.17) is 11.5 Å². The number of hydrogen-bond acceptors (Lipinski definition) is 8. The second-order valence-electron chi connectivity index (χ2n) is 9.30. The first-order chi connectivity index (χ1) is 16.2. The molecular weight excluding hydrogens is 433 g/mol. The summed E-state index contributed by atoms with van der Waals surface area (Å²) in [4.78, 5) is 17.3. The Hall–Kier alpha value is -3.20. The van der Waals surface area contributed by atoms with E-state index < -0.39 is 11.9 Å². The molecule has 1 atom stereocenters. The molecule has 0 aromatic carbocycles. The van der Waals surface area contributed by atoms with E-state index in [1.165, 1.54) is 6.20 Å². The monoisotopic (exact) mass is 467 g/mol. The standard InChI is InChI=1S/C25H34FN7O/c1-5-16-21(15-9-12-33(13-10-15)14(2)3)30-25(28)31-22(16)23-19(34)7-6-18(32(23)4)17-8-11-29-24(27)20(17)26/h6-8,11,14-15,18,34H,5,9-10,12-13H2,1-4H3,(H2,27,29)(H2,28,30,31). The normalized spacial score (nSPS) is 19.9. The number of allylic oxidation sites excluding steroid dienone is 1. The van der Waals surface area contributed by atoms with E-state index in [9.17, 15) is 9.50 Å². The molecule has 0 amide bonds. The van der Waals surface area contributed by atoms with Crippen LogP contribution in [0.15, 0.2) is 30.2 Å². The van der Waals surface area contributed by atoms with Crippen molar-refractivity contribution < 1.29 is 9.50 Å². The van der Waals surface area contributed by atoms with E-state index >= 15 is 0 Å². The Kier molecular flexibility index (Phi) is 6.74. The number of pyridine rings is 1. The number of rotatable bonds is 5. The van der Waals surface area contributed by atoms with Gasteiger partial charge in [0.1, 0.15) is 11.5 Å². The van der Waals surface area contributed by atoms with Crippen LogP contribution in [0.25, 0.3) is 5.70 Å². The van der Waals surface area contributed by atoms with Crippen LogP contribution in [0.2, 0.25) is 0 Å². The Morgan fingerprint density at radius 3 is 2.56 bits per heavy atom. The van der Waals surface area contributed by atoms with Gasteiger partial charge in [-0.15, -0.1) is 0 Å². The highest BCUT2D eigenvalue weighted by molar-refractivity contribution is 5.71. The Labute approximate surface area is 200 Å². The third kappa shape index (κ3) is 4.32. The topological polar surface area (TPSA) is 117 Å². The largest absolute Gasteiger partial charge is 0.506 e. The van der Waals surface area contributed by atoms with Crippen molar-refractivity contribution in [3.63, 3.8) is 0 Å². The van der Waals surface area contributed by atoms with Crippen molar-refractivity contribution >= 4 is 17.5 Å². The van der Waals surface area contributed by atoms with Gasteiger partial charge in [-0.1, -0.05) is 13.0 Å². The first-order valence-corrected chi connectivity index (χ1v) is 11.9. The van der Waals surface area contributed by atoms with Gasteiger partial charge in [-0.05, 0) is 58.3 Å². The zero-order valence-corrected chi connectivity index (χ0v) is 20.3. The highest BCUT2D eigenvalue weighted by atomic mass is 19.1. The van der Waals surface area contributed by atoms with E-state index in [0.717, 1.165) is 37.2 Å². The average molecular weight is 468 g/mol. The second kappa shape index (κ2) is 9.58. The van der Waals surface area contributed by atoms with Crippen LogP contribution in [-0.4, -0.2) is 56.0 Å². The lowest BCUT2D eigenvalue weighted by Crippen LogP contribution is -2.38. The van der Waals surface area contributed by atoms with Crippen LogP contribution in [0.5, 0.6) is 0 Å². The van der Waals surface area contributed by atoms with Crippen LogP contribution in [0.4, 0.5) is 16.2 Å². The highest BCUT2D eigenvalue weighted by Gasteiger charge is 2.32. The molecule has 0 saturated carbocycles. The maximum Gasteiger partial charge on any atom is 0.220 e. The number of hydrogen-bond donors (Lipinski definition) is 3. The summed E-state index contributed by atoms with van der Waals surface area (Å²) < 4.78 is 14.8. The molecule has 0 aliphatic carbocycles. The molecule has 8 nitrogen and oxygen atoms in total. The van der Waals surface area contributed by atoms with Crippen molar-refractivity contribution in [3.8, 4) is 0 Å². The number of likely N-dealkylation sites (tertiary alicyclic amines) is 1. The van der Waals surface area contributed by atoms with Crippen LogP contribution >= 0.6 is 0 Å². The van der Waals surface area contributed by atoms with Gasteiger partial charge in [0.2, 0.25) is 5.95 Å². The minimum absolute atomic E-state index is 0.0505. The predicted molar refractivity (Wildman–Crippen MR) is 132 cm³/mol. The van der Waals surface area contributed by atoms with E-state index in [-0.39, 0.29) is 23.4 Å². The lowest BCUT2D eigenvalue weighted by molar-refractivity contribution is 0.170. The molecule has 1 saturated heterocycles. The zero-order valence-electron chi connectivity index (χ0n) is 20.3. The Balaban J connectivity index is 1.75. The first-order valence-electron chi connectivity index (χ1n) is 11.9. The fourth-order valence-corrected chi connectivity index (χ4v) is 5.11. The summed E-state index contributed by atoms with van der Waals surface area (Å²) in [6, 6.07) is 1.62. The molecule has 1 unspecified atom stereocenters. The summed E-state index contributed by atoms with van der Waals surface area (Å²) in [5.41, 5.74) is 15.3. The molecule has 182 valence electrons. The van der Waals surface area contributed by atoms with E-state index in [1.807, 2.05) is 0 Å². The number of nitrogen functional groups attached to an aromatic ring is 2. The summed E-state index contributed by atoms with van der Waals surface area (Å²) in [7, 11) is 1.80. The molecule has 4 rings (SSSR count). The molecule has 4 heterocycles. The first kappa shape index (κ1) is 23.9. The number of likely N-dealkylation sites (N-methyl/N-ethyl adjacent to an activating group) is 1. The number of nitrogens with two attached hydrogens (primary N) is 2.